The third-order valence-electron chi connectivity index (χ3n) is 3.04. The first-order valence-electron chi connectivity index (χ1n) is 6.82. The third kappa shape index (κ3) is 3.70. The van der Waals surface area contributed by atoms with Crippen LogP contribution >= 0.6 is 11.8 Å². The fourth-order valence-electron chi connectivity index (χ4n) is 2.15. The van der Waals surface area contributed by atoms with E-state index >= 15 is 0 Å². The topological polar surface area (TPSA) is 125 Å². The van der Waals surface area contributed by atoms with Crippen LogP contribution in [0.25, 0.3) is 0 Å². The van der Waals surface area contributed by atoms with E-state index in [-0.39, 0.29) is 5.88 Å². The molecule has 0 aromatic carbocycles. The van der Waals surface area contributed by atoms with Crippen molar-refractivity contribution in [3.8, 4) is 0 Å². The largest absolute Gasteiger partial charge is 0.512 e. The van der Waals surface area contributed by atoms with Gasteiger partial charge >= 0.3 is 12.2 Å². The summed E-state index contributed by atoms with van der Waals surface area (Å²) in [5, 5.41) is 20.0. The first kappa shape index (κ1) is 17.4. The highest BCUT2D eigenvalue weighted by Gasteiger charge is 2.54. The number of aliphatic hydroxyl groups excluding tert-OH is 1. The summed E-state index contributed by atoms with van der Waals surface area (Å²) in [7, 11) is 0. The second-order valence-electron chi connectivity index (χ2n) is 5.97. The number of carbonyl (C=O) groups excluding carboxylic acids is 2. The molecular formula is C13H18N2O7S. The molecule has 1 fully saturated rings. The molecule has 0 bridgehead atoms. The Hall–Kier alpha value is -1.94. The van der Waals surface area contributed by atoms with Crippen LogP contribution in [0.5, 0.6) is 0 Å². The van der Waals surface area contributed by atoms with Crippen LogP contribution in [0, 0.1) is 0 Å². The Labute approximate surface area is 136 Å². The van der Waals surface area contributed by atoms with Crippen LogP contribution in [0.3, 0.4) is 0 Å². The molecule has 9 nitrogen and oxygen atoms in total. The minimum absolute atomic E-state index is 0.184. The molecule has 2 heterocycles. The summed E-state index contributed by atoms with van der Waals surface area (Å²) in [6, 6.07) is -0.831. The highest BCUT2D eigenvalue weighted by Crippen LogP contribution is 2.40. The molecular weight excluding hydrogens is 328 g/mol. The second-order valence-corrected chi connectivity index (χ2v) is 7.07. The third-order valence-corrected chi connectivity index (χ3v) is 4.38. The number of thioether (sulfide) groups is 1. The van der Waals surface area contributed by atoms with E-state index in [9.17, 15) is 19.5 Å². The zero-order valence-corrected chi connectivity index (χ0v) is 13.7. The van der Waals surface area contributed by atoms with E-state index in [2.05, 4.69) is 10.1 Å². The number of ether oxygens (including phenoxy) is 2. The number of rotatable bonds is 3. The van der Waals surface area contributed by atoms with Gasteiger partial charge in [-0.3, -0.25) is 9.69 Å². The molecule has 0 spiro atoms. The molecule has 0 aromatic rings. The Balaban J connectivity index is 2.09. The Kier molecular flexibility index (Phi) is 4.76. The highest BCUT2D eigenvalue weighted by atomic mass is 32.2. The summed E-state index contributed by atoms with van der Waals surface area (Å²) in [4.78, 5) is 35.9. The van der Waals surface area contributed by atoms with Crippen molar-refractivity contribution in [2.45, 2.75) is 37.8 Å². The zero-order chi connectivity index (χ0) is 17.4. The van der Waals surface area contributed by atoms with Gasteiger partial charge in [-0.1, -0.05) is 0 Å². The van der Waals surface area contributed by atoms with Crippen molar-refractivity contribution in [3.63, 3.8) is 0 Å². The van der Waals surface area contributed by atoms with Gasteiger partial charge in [0.1, 0.15) is 17.0 Å². The lowest BCUT2D eigenvalue weighted by Crippen LogP contribution is -2.70. The fraction of sp³-hybridized carbons (Fsp3) is 0.615. The van der Waals surface area contributed by atoms with Crippen molar-refractivity contribution in [1.29, 1.82) is 0 Å². The zero-order valence-electron chi connectivity index (χ0n) is 12.9. The maximum absolute atomic E-state index is 12.2. The van der Waals surface area contributed by atoms with E-state index in [1.54, 1.807) is 20.8 Å². The van der Waals surface area contributed by atoms with Gasteiger partial charge in [-0.15, -0.1) is 11.8 Å². The van der Waals surface area contributed by atoms with Gasteiger partial charge in [0.25, 0.3) is 5.91 Å². The number of aliphatic hydroxyl groups is 1. The molecule has 10 heteroatoms. The summed E-state index contributed by atoms with van der Waals surface area (Å²) in [5.41, 5.74) is -0.393. The number of hydrogen-bond donors (Lipinski definition) is 3. The molecule has 0 saturated carbocycles. The van der Waals surface area contributed by atoms with Gasteiger partial charge in [-0.05, 0) is 20.8 Å². The molecule has 2 atom stereocenters. The Morgan fingerprint density at radius 3 is 2.61 bits per heavy atom. The number of amides is 2. The molecule has 3 N–H and O–H groups in total. The lowest BCUT2D eigenvalue weighted by Gasteiger charge is -2.48. The molecule has 23 heavy (non-hydrogen) atoms. The number of carbonyl (C=O) groups is 3. The standard InChI is InChI=1S/C13H18N2O7S/c1-13(2,3)22-11(18)14-7-8(17)15-9(21-12(19)20)6(4-16)5-23-10(7)15/h7,10,16H,4-5H2,1-3H3,(H,14,18)(H,19,20)/t7-,10-/m1/s1. The second kappa shape index (κ2) is 6.28. The first-order chi connectivity index (χ1) is 10.6. The molecule has 0 radical (unpaired) electrons. The van der Waals surface area contributed by atoms with Gasteiger partial charge in [0, 0.05) is 11.3 Å². The maximum atomic E-state index is 12.2. The van der Waals surface area contributed by atoms with E-state index in [4.69, 9.17) is 9.84 Å². The molecule has 2 amide bonds. The summed E-state index contributed by atoms with van der Waals surface area (Å²) < 4.78 is 9.72. The summed E-state index contributed by atoms with van der Waals surface area (Å²) >= 11 is 1.29. The molecule has 0 unspecified atom stereocenters. The highest BCUT2D eigenvalue weighted by molar-refractivity contribution is 8.00. The SMILES string of the molecule is CC(C)(C)OC(=O)N[C@@H]1C(=O)N2C(OC(=O)O)=C(CO)CS[C@H]12. The van der Waals surface area contributed by atoms with Crippen molar-refractivity contribution in [2.75, 3.05) is 12.4 Å². The minimum Gasteiger partial charge on any atom is -0.449 e. The van der Waals surface area contributed by atoms with E-state index in [1.807, 2.05) is 0 Å². The van der Waals surface area contributed by atoms with E-state index < -0.39 is 41.8 Å². The van der Waals surface area contributed by atoms with Crippen molar-refractivity contribution in [2.24, 2.45) is 0 Å². The van der Waals surface area contributed by atoms with Crippen LogP contribution in [0.1, 0.15) is 20.8 Å². The normalized spacial score (nSPS) is 23.8. The monoisotopic (exact) mass is 346 g/mol. The fourth-order valence-corrected chi connectivity index (χ4v) is 3.47. The van der Waals surface area contributed by atoms with E-state index in [0.717, 1.165) is 4.90 Å². The van der Waals surface area contributed by atoms with Crippen LogP contribution in [-0.2, 0) is 14.3 Å². The molecule has 128 valence electrons. The molecule has 1 saturated heterocycles. The molecule has 2 aliphatic rings. The minimum atomic E-state index is -1.58. The van der Waals surface area contributed by atoms with Crippen LogP contribution < -0.4 is 5.32 Å². The predicted molar refractivity (Wildman–Crippen MR) is 79.5 cm³/mol. The van der Waals surface area contributed by atoms with E-state index in [0.29, 0.717) is 11.3 Å². The number of nitrogens with one attached hydrogen (secondary N) is 1. The summed E-state index contributed by atoms with van der Waals surface area (Å²) in [6.07, 6.45) is -2.30. The predicted octanol–water partition coefficient (Wildman–Crippen LogP) is 0.693. The lowest BCUT2D eigenvalue weighted by atomic mass is 10.1. The van der Waals surface area contributed by atoms with Crippen molar-refractivity contribution in [1.82, 2.24) is 10.2 Å². The number of hydrogen-bond acceptors (Lipinski definition) is 7. The van der Waals surface area contributed by atoms with Crippen molar-refractivity contribution in [3.05, 3.63) is 11.5 Å². The smallest absolute Gasteiger partial charge is 0.449 e. The summed E-state index contributed by atoms with van der Waals surface area (Å²) in [6.45, 7) is 4.68. The quantitative estimate of drug-likeness (QED) is 0.503. The number of β-lactam (4-membered cyclic amide) rings is 1. The van der Waals surface area contributed by atoms with Crippen LogP contribution in [0.15, 0.2) is 11.5 Å². The Bertz CT molecular complexity index is 569. The van der Waals surface area contributed by atoms with Crippen molar-refractivity contribution < 1.29 is 34.1 Å². The number of nitrogens with zero attached hydrogens (tertiary/aromatic N) is 1. The maximum Gasteiger partial charge on any atom is 0.512 e. The first-order valence-corrected chi connectivity index (χ1v) is 7.87. The van der Waals surface area contributed by atoms with E-state index in [1.165, 1.54) is 11.8 Å². The number of fused-ring (bicyclic) bond motifs is 1. The lowest BCUT2D eigenvalue weighted by molar-refractivity contribution is -0.146. The van der Waals surface area contributed by atoms with Crippen LogP contribution in [0.4, 0.5) is 9.59 Å². The van der Waals surface area contributed by atoms with Gasteiger partial charge in [0.2, 0.25) is 5.88 Å². The van der Waals surface area contributed by atoms with Gasteiger partial charge < -0.3 is 25.0 Å². The molecule has 0 aliphatic carbocycles. The number of alkyl carbamates (subject to hydrolysis) is 1. The van der Waals surface area contributed by atoms with Crippen LogP contribution in [0.2, 0.25) is 0 Å². The average molecular weight is 346 g/mol. The van der Waals surface area contributed by atoms with Gasteiger partial charge in [-0.2, -0.15) is 0 Å². The number of carboxylic acid groups (broad SMARTS) is 1. The van der Waals surface area contributed by atoms with Gasteiger partial charge in [-0.25, -0.2) is 9.59 Å². The molecule has 2 rings (SSSR count). The van der Waals surface area contributed by atoms with Gasteiger partial charge in [0.15, 0.2) is 0 Å². The van der Waals surface area contributed by atoms with Crippen LogP contribution in [-0.4, -0.2) is 62.6 Å². The Morgan fingerprint density at radius 2 is 2.09 bits per heavy atom. The molecule has 2 aliphatic heterocycles. The average Bonchev–Trinajstić information content (AvgIpc) is 2.41. The Morgan fingerprint density at radius 1 is 1.43 bits per heavy atom. The van der Waals surface area contributed by atoms with Crippen molar-refractivity contribution >= 4 is 29.9 Å². The van der Waals surface area contributed by atoms with Gasteiger partial charge in [0.05, 0.1) is 6.61 Å². The molecule has 0 aromatic heterocycles. The summed E-state index contributed by atoms with van der Waals surface area (Å²) in [5.74, 6) is -0.411.